The minimum absolute atomic E-state index is 0.0710. The third-order valence-electron chi connectivity index (χ3n) is 5.58. The van der Waals surface area contributed by atoms with Gasteiger partial charge in [-0.2, -0.15) is 0 Å². The zero-order valence-electron chi connectivity index (χ0n) is 14.4. The van der Waals surface area contributed by atoms with Gasteiger partial charge >= 0.3 is 11.8 Å². The number of fused-ring (bicyclic) bond motifs is 2. The standard InChI is InChI=1S/C19H26N2O3/c1-3-13(4-2)16(22)11-20-17(23)18(24)21-12-19(9-10-19)14-7-5-6-8-15(14)21/h5-8,13,16,22H,3-4,9-12H2,1-2H3,(H,20,23). The molecule has 3 rings (SSSR count). The number of benzene rings is 1. The fourth-order valence-corrected chi connectivity index (χ4v) is 3.78. The number of anilines is 1. The molecule has 1 aliphatic heterocycles. The van der Waals surface area contributed by atoms with Crippen LogP contribution in [-0.2, 0) is 15.0 Å². The molecule has 0 bridgehead atoms. The zero-order chi connectivity index (χ0) is 17.3. The number of hydrogen-bond donors (Lipinski definition) is 2. The number of amides is 2. The van der Waals surface area contributed by atoms with Crippen molar-refractivity contribution in [2.75, 3.05) is 18.0 Å². The summed E-state index contributed by atoms with van der Waals surface area (Å²) < 4.78 is 0. The summed E-state index contributed by atoms with van der Waals surface area (Å²) >= 11 is 0. The number of nitrogens with one attached hydrogen (secondary N) is 1. The number of nitrogens with zero attached hydrogens (tertiary/aromatic N) is 1. The monoisotopic (exact) mass is 330 g/mol. The summed E-state index contributed by atoms with van der Waals surface area (Å²) in [6.07, 6.45) is 3.23. The number of aliphatic hydroxyl groups is 1. The molecule has 1 aromatic rings. The molecule has 0 saturated heterocycles. The Bertz CT molecular complexity index is 635. The van der Waals surface area contributed by atoms with Crippen molar-refractivity contribution in [3.05, 3.63) is 29.8 Å². The maximum atomic E-state index is 12.6. The van der Waals surface area contributed by atoms with Gasteiger partial charge in [-0.25, -0.2) is 0 Å². The average Bonchev–Trinajstić information content (AvgIpc) is 3.31. The van der Waals surface area contributed by atoms with Crippen molar-refractivity contribution in [2.24, 2.45) is 5.92 Å². The first-order valence-electron chi connectivity index (χ1n) is 8.89. The molecule has 5 nitrogen and oxygen atoms in total. The van der Waals surface area contributed by atoms with E-state index >= 15 is 0 Å². The van der Waals surface area contributed by atoms with Gasteiger partial charge in [0.25, 0.3) is 0 Å². The molecule has 0 radical (unpaired) electrons. The van der Waals surface area contributed by atoms with Crippen LogP contribution in [0.2, 0.25) is 0 Å². The van der Waals surface area contributed by atoms with Crippen molar-refractivity contribution in [2.45, 2.75) is 51.0 Å². The Balaban J connectivity index is 1.64. The highest BCUT2D eigenvalue weighted by atomic mass is 16.3. The van der Waals surface area contributed by atoms with E-state index in [2.05, 4.69) is 11.4 Å². The second-order valence-electron chi connectivity index (χ2n) is 7.04. The van der Waals surface area contributed by atoms with Crippen LogP contribution in [0, 0.1) is 5.92 Å². The number of carbonyl (C=O) groups is 2. The van der Waals surface area contributed by atoms with Crippen molar-refractivity contribution < 1.29 is 14.7 Å². The van der Waals surface area contributed by atoms with Crippen molar-refractivity contribution in [3.8, 4) is 0 Å². The largest absolute Gasteiger partial charge is 0.391 e. The quantitative estimate of drug-likeness (QED) is 0.811. The van der Waals surface area contributed by atoms with E-state index in [9.17, 15) is 14.7 Å². The van der Waals surface area contributed by atoms with Crippen LogP contribution < -0.4 is 10.2 Å². The molecule has 1 spiro atoms. The molecule has 1 atom stereocenters. The van der Waals surface area contributed by atoms with E-state index < -0.39 is 17.9 Å². The highest BCUT2D eigenvalue weighted by molar-refractivity contribution is 6.40. The molecule has 2 N–H and O–H groups in total. The summed E-state index contributed by atoms with van der Waals surface area (Å²) in [5, 5.41) is 12.7. The summed E-state index contributed by atoms with van der Waals surface area (Å²) in [5.41, 5.74) is 2.11. The summed E-state index contributed by atoms with van der Waals surface area (Å²) in [6, 6.07) is 7.85. The van der Waals surface area contributed by atoms with Crippen LogP contribution in [0.3, 0.4) is 0 Å². The Morgan fingerprint density at radius 3 is 2.54 bits per heavy atom. The molecule has 2 amide bonds. The van der Waals surface area contributed by atoms with Gasteiger partial charge in [0.1, 0.15) is 0 Å². The van der Waals surface area contributed by atoms with Gasteiger partial charge in [0.05, 0.1) is 6.10 Å². The number of carbonyl (C=O) groups excluding carboxylic acids is 2. The zero-order valence-corrected chi connectivity index (χ0v) is 14.4. The van der Waals surface area contributed by atoms with Crippen molar-refractivity contribution in [3.63, 3.8) is 0 Å². The Morgan fingerprint density at radius 1 is 1.25 bits per heavy atom. The summed E-state index contributed by atoms with van der Waals surface area (Å²) in [6.45, 7) is 4.74. The van der Waals surface area contributed by atoms with Gasteiger partial charge in [0, 0.05) is 24.2 Å². The first kappa shape index (κ1) is 17.0. The van der Waals surface area contributed by atoms with E-state index in [1.165, 1.54) is 5.56 Å². The Labute approximate surface area is 143 Å². The van der Waals surface area contributed by atoms with Gasteiger partial charge in [0.15, 0.2) is 0 Å². The third kappa shape index (κ3) is 2.93. The molecule has 1 saturated carbocycles. The Morgan fingerprint density at radius 2 is 1.92 bits per heavy atom. The molecule has 1 aliphatic carbocycles. The summed E-state index contributed by atoms with van der Waals surface area (Å²) in [7, 11) is 0. The molecule has 1 unspecified atom stereocenters. The van der Waals surface area contributed by atoms with E-state index in [0.29, 0.717) is 6.54 Å². The second-order valence-corrected chi connectivity index (χ2v) is 7.04. The maximum absolute atomic E-state index is 12.6. The highest BCUT2D eigenvalue weighted by Crippen LogP contribution is 2.56. The molecule has 130 valence electrons. The molecular weight excluding hydrogens is 304 g/mol. The smallest absolute Gasteiger partial charge is 0.316 e. The van der Waals surface area contributed by atoms with Crippen molar-refractivity contribution in [1.29, 1.82) is 0 Å². The van der Waals surface area contributed by atoms with Gasteiger partial charge < -0.3 is 15.3 Å². The van der Waals surface area contributed by atoms with Crippen LogP contribution in [0.4, 0.5) is 5.69 Å². The van der Waals surface area contributed by atoms with E-state index in [1.54, 1.807) is 4.90 Å². The maximum Gasteiger partial charge on any atom is 0.316 e. The van der Waals surface area contributed by atoms with Gasteiger partial charge in [-0.1, -0.05) is 44.9 Å². The first-order valence-corrected chi connectivity index (χ1v) is 8.89. The predicted octanol–water partition coefficient (Wildman–Crippen LogP) is 1.98. The van der Waals surface area contributed by atoms with Crippen LogP contribution in [0.15, 0.2) is 24.3 Å². The summed E-state index contributed by atoms with van der Waals surface area (Å²) in [4.78, 5) is 26.4. The normalized spacial score (nSPS) is 18.6. The van der Waals surface area contributed by atoms with Crippen LogP contribution in [0.5, 0.6) is 0 Å². The van der Waals surface area contributed by atoms with Crippen LogP contribution in [0.1, 0.15) is 45.1 Å². The second kappa shape index (κ2) is 6.55. The number of para-hydroxylation sites is 1. The average molecular weight is 330 g/mol. The van der Waals surface area contributed by atoms with Gasteiger partial charge in [-0.15, -0.1) is 0 Å². The molecule has 24 heavy (non-hydrogen) atoms. The lowest BCUT2D eigenvalue weighted by Crippen LogP contribution is -2.46. The number of hydrogen-bond acceptors (Lipinski definition) is 3. The van der Waals surface area contributed by atoms with Gasteiger partial charge in [-0.3, -0.25) is 9.59 Å². The minimum Gasteiger partial charge on any atom is -0.391 e. The van der Waals surface area contributed by atoms with Crippen molar-refractivity contribution in [1.82, 2.24) is 5.32 Å². The lowest BCUT2D eigenvalue weighted by Gasteiger charge is -2.21. The molecular formula is C19H26N2O3. The predicted molar refractivity (Wildman–Crippen MR) is 92.8 cm³/mol. The SMILES string of the molecule is CCC(CC)C(O)CNC(=O)C(=O)N1CC2(CC2)c2ccccc21. The number of rotatable bonds is 5. The fourth-order valence-electron chi connectivity index (χ4n) is 3.78. The van der Waals surface area contributed by atoms with E-state index in [4.69, 9.17) is 0 Å². The van der Waals surface area contributed by atoms with Gasteiger partial charge in [-0.05, 0) is 30.4 Å². The lowest BCUT2D eigenvalue weighted by atomic mass is 9.96. The van der Waals surface area contributed by atoms with Crippen molar-refractivity contribution >= 4 is 17.5 Å². The van der Waals surface area contributed by atoms with E-state index in [0.717, 1.165) is 31.4 Å². The lowest BCUT2D eigenvalue weighted by molar-refractivity contribution is -0.137. The Kier molecular flexibility index (Phi) is 4.63. The number of aliphatic hydroxyl groups excluding tert-OH is 1. The molecule has 5 heteroatoms. The van der Waals surface area contributed by atoms with Crippen LogP contribution in [-0.4, -0.2) is 36.1 Å². The summed E-state index contributed by atoms with van der Waals surface area (Å²) in [5.74, 6) is -1.02. The minimum atomic E-state index is -0.632. The fraction of sp³-hybridized carbons (Fsp3) is 0.579. The van der Waals surface area contributed by atoms with E-state index in [-0.39, 0.29) is 17.9 Å². The third-order valence-corrected chi connectivity index (χ3v) is 5.58. The van der Waals surface area contributed by atoms with Gasteiger partial charge in [0.2, 0.25) is 0 Å². The topological polar surface area (TPSA) is 69.6 Å². The first-order chi connectivity index (χ1) is 11.5. The molecule has 2 aliphatic rings. The molecule has 1 fully saturated rings. The Hall–Kier alpha value is -1.88. The van der Waals surface area contributed by atoms with Crippen LogP contribution >= 0.6 is 0 Å². The molecule has 1 heterocycles. The molecule has 1 aromatic carbocycles. The highest BCUT2D eigenvalue weighted by Gasteiger charge is 2.53. The van der Waals surface area contributed by atoms with Crippen LogP contribution in [0.25, 0.3) is 0 Å². The molecule has 0 aromatic heterocycles. The van der Waals surface area contributed by atoms with E-state index in [1.807, 2.05) is 32.0 Å².